The molecule has 1 saturated carbocycles. The van der Waals surface area contributed by atoms with Crippen LogP contribution in [0, 0.1) is 17.8 Å². The van der Waals surface area contributed by atoms with Crippen molar-refractivity contribution in [3.05, 3.63) is 29.8 Å². The molecule has 0 radical (unpaired) electrons. The molecule has 5 aliphatic heterocycles. The molecule has 6 aliphatic rings. The lowest BCUT2D eigenvalue weighted by atomic mass is 9.63. The zero-order chi connectivity index (χ0) is 15.5. The fourth-order valence-electron chi connectivity index (χ4n) is 7.75. The van der Waals surface area contributed by atoms with Gasteiger partial charge in [0.25, 0.3) is 0 Å². The van der Waals surface area contributed by atoms with Crippen molar-refractivity contribution in [3.8, 4) is 0 Å². The number of hydrogen-bond acceptors (Lipinski definition) is 3. The Morgan fingerprint density at radius 2 is 2.09 bits per heavy atom. The van der Waals surface area contributed by atoms with Crippen molar-refractivity contribution in [2.45, 2.75) is 55.8 Å². The molecule has 9 atom stereocenters. The minimum Gasteiger partial charge on any atom is -0.392 e. The second-order valence-corrected chi connectivity index (χ2v) is 8.74. The molecule has 1 aromatic carbocycles. The number of benzene rings is 1. The largest absolute Gasteiger partial charge is 0.392 e. The van der Waals surface area contributed by atoms with Gasteiger partial charge in [0.05, 0.1) is 12.1 Å². The SMILES string of the molecule is CC[C@@H]1CN2[C@H]3C[C@@]45c6ccccc6N(C)[C@H]4[C@@H]2C[C@@H]1C3C5O. The number of fused-ring (bicyclic) bond motifs is 2. The first-order valence-electron chi connectivity index (χ1n) is 9.44. The van der Waals surface area contributed by atoms with Gasteiger partial charge in [0, 0.05) is 42.7 Å². The molecule has 1 N–H and O–H groups in total. The maximum atomic E-state index is 11.6. The normalized spacial score (nSPS) is 54.5. The first-order chi connectivity index (χ1) is 11.2. The van der Waals surface area contributed by atoms with Crippen LogP contribution in [0.5, 0.6) is 0 Å². The Bertz CT molecular complexity index is 690. The molecule has 3 heteroatoms. The van der Waals surface area contributed by atoms with Crippen molar-refractivity contribution in [1.29, 1.82) is 0 Å². The summed E-state index contributed by atoms with van der Waals surface area (Å²) in [6.45, 7) is 3.62. The van der Waals surface area contributed by atoms with E-state index in [0.29, 0.717) is 24.0 Å². The van der Waals surface area contributed by atoms with Gasteiger partial charge in [0.1, 0.15) is 0 Å². The first-order valence-corrected chi connectivity index (χ1v) is 9.44. The lowest BCUT2D eigenvalue weighted by Crippen LogP contribution is -2.69. The summed E-state index contributed by atoms with van der Waals surface area (Å²) in [4.78, 5) is 5.34. The Balaban J connectivity index is 1.59. The molecule has 5 fully saturated rings. The van der Waals surface area contributed by atoms with Gasteiger partial charge in [-0.2, -0.15) is 0 Å². The molecule has 3 unspecified atom stereocenters. The van der Waals surface area contributed by atoms with Gasteiger partial charge < -0.3 is 10.0 Å². The highest BCUT2D eigenvalue weighted by atomic mass is 16.3. The van der Waals surface area contributed by atoms with Crippen LogP contribution in [0.4, 0.5) is 5.69 Å². The quantitative estimate of drug-likeness (QED) is 0.862. The maximum absolute atomic E-state index is 11.6. The number of rotatable bonds is 1. The van der Waals surface area contributed by atoms with Crippen LogP contribution in [0.25, 0.3) is 0 Å². The van der Waals surface area contributed by atoms with Crippen molar-refractivity contribution in [3.63, 3.8) is 0 Å². The number of para-hydroxylation sites is 1. The van der Waals surface area contributed by atoms with Crippen LogP contribution in [0.15, 0.2) is 24.3 Å². The molecule has 1 aromatic rings. The minimum absolute atomic E-state index is 0.000769. The van der Waals surface area contributed by atoms with Gasteiger partial charge in [0.2, 0.25) is 0 Å². The number of anilines is 1. The molecule has 5 bridgehead atoms. The highest BCUT2D eigenvalue weighted by Gasteiger charge is 2.74. The van der Waals surface area contributed by atoms with E-state index in [0.717, 1.165) is 11.8 Å². The van der Waals surface area contributed by atoms with Crippen molar-refractivity contribution in [2.75, 3.05) is 18.5 Å². The number of hydrogen-bond donors (Lipinski definition) is 1. The number of piperidine rings is 4. The number of nitrogens with zero attached hydrogens (tertiary/aromatic N) is 2. The average molecular weight is 310 g/mol. The number of aliphatic hydroxyl groups is 1. The maximum Gasteiger partial charge on any atom is 0.0704 e. The molecule has 0 aromatic heterocycles. The van der Waals surface area contributed by atoms with Crippen molar-refractivity contribution in [1.82, 2.24) is 4.90 Å². The smallest absolute Gasteiger partial charge is 0.0704 e. The van der Waals surface area contributed by atoms with Crippen LogP contribution in [0.3, 0.4) is 0 Å². The summed E-state index contributed by atoms with van der Waals surface area (Å²) < 4.78 is 0. The number of likely N-dealkylation sites (N-methyl/N-ethyl adjacent to an activating group) is 1. The number of aliphatic hydroxyl groups excluding tert-OH is 1. The molecule has 3 nitrogen and oxygen atoms in total. The van der Waals surface area contributed by atoms with E-state index in [1.54, 1.807) is 0 Å². The third-order valence-electron chi connectivity index (χ3n) is 8.41. The molecule has 1 spiro atoms. The Labute approximate surface area is 138 Å². The Morgan fingerprint density at radius 3 is 2.91 bits per heavy atom. The Kier molecular flexibility index (Phi) is 2.27. The van der Waals surface area contributed by atoms with Gasteiger partial charge in [-0.15, -0.1) is 0 Å². The fourth-order valence-corrected chi connectivity index (χ4v) is 7.75. The summed E-state index contributed by atoms with van der Waals surface area (Å²) in [6, 6.07) is 10.6. The van der Waals surface area contributed by atoms with Gasteiger partial charge in [-0.3, -0.25) is 4.90 Å². The van der Waals surface area contributed by atoms with E-state index >= 15 is 0 Å². The van der Waals surface area contributed by atoms with Crippen molar-refractivity contribution >= 4 is 5.69 Å². The van der Waals surface area contributed by atoms with Gasteiger partial charge in [0.15, 0.2) is 0 Å². The highest BCUT2D eigenvalue weighted by Crippen LogP contribution is 2.67. The van der Waals surface area contributed by atoms with Crippen molar-refractivity contribution in [2.24, 2.45) is 17.8 Å². The van der Waals surface area contributed by atoms with E-state index in [4.69, 9.17) is 0 Å². The Hall–Kier alpha value is -1.06. The van der Waals surface area contributed by atoms with E-state index in [-0.39, 0.29) is 11.5 Å². The molecular formula is C20H26N2O. The molecule has 7 rings (SSSR count). The third-order valence-corrected chi connectivity index (χ3v) is 8.41. The summed E-state index contributed by atoms with van der Waals surface area (Å²) >= 11 is 0. The van der Waals surface area contributed by atoms with Crippen LogP contribution < -0.4 is 4.90 Å². The second-order valence-electron chi connectivity index (χ2n) is 8.74. The predicted octanol–water partition coefficient (Wildman–Crippen LogP) is 2.24. The summed E-state index contributed by atoms with van der Waals surface area (Å²) in [5.74, 6) is 2.06. The van der Waals surface area contributed by atoms with Crippen LogP contribution >= 0.6 is 0 Å². The van der Waals surface area contributed by atoms with Gasteiger partial charge in [-0.1, -0.05) is 31.5 Å². The van der Waals surface area contributed by atoms with E-state index < -0.39 is 0 Å². The lowest BCUT2D eigenvalue weighted by molar-refractivity contribution is -0.100. The average Bonchev–Trinajstić information content (AvgIpc) is 2.98. The van der Waals surface area contributed by atoms with Crippen LogP contribution in [-0.2, 0) is 5.41 Å². The molecular weight excluding hydrogens is 284 g/mol. The summed E-state index contributed by atoms with van der Waals surface area (Å²) in [7, 11) is 2.27. The third kappa shape index (κ3) is 1.21. The van der Waals surface area contributed by atoms with E-state index in [9.17, 15) is 5.11 Å². The van der Waals surface area contributed by atoms with Crippen LogP contribution in [-0.4, -0.2) is 47.8 Å². The molecule has 0 amide bonds. The molecule has 5 heterocycles. The lowest BCUT2D eigenvalue weighted by Gasteiger charge is -2.60. The zero-order valence-electron chi connectivity index (χ0n) is 14.0. The fraction of sp³-hybridized carbons (Fsp3) is 0.700. The van der Waals surface area contributed by atoms with Gasteiger partial charge >= 0.3 is 0 Å². The minimum atomic E-state index is -0.155. The highest BCUT2D eigenvalue weighted by molar-refractivity contribution is 5.67. The molecule has 4 saturated heterocycles. The zero-order valence-corrected chi connectivity index (χ0v) is 14.0. The first kappa shape index (κ1) is 13.3. The van der Waals surface area contributed by atoms with Crippen LogP contribution in [0.2, 0.25) is 0 Å². The molecule has 122 valence electrons. The van der Waals surface area contributed by atoms with Crippen LogP contribution in [0.1, 0.15) is 31.7 Å². The monoisotopic (exact) mass is 310 g/mol. The van der Waals surface area contributed by atoms with E-state index in [1.165, 1.54) is 37.1 Å². The summed E-state index contributed by atoms with van der Waals surface area (Å²) in [5.41, 5.74) is 2.81. The summed E-state index contributed by atoms with van der Waals surface area (Å²) in [6.07, 6.45) is 3.60. The second kappa shape index (κ2) is 3.94. The van der Waals surface area contributed by atoms with Gasteiger partial charge in [-0.05, 0) is 36.3 Å². The standard InChI is InChI=1S/C20H26N2O/c1-3-11-10-22-15-8-12(11)17-16(22)9-20(19(17)23)13-6-4-5-7-14(13)21(2)18(15)20/h4-7,11-12,15-19,23H,3,8-10H2,1-2H3/t11-,12+,15+,16+,17?,18+,19?,20-/m1/s1. The predicted molar refractivity (Wildman–Crippen MR) is 90.6 cm³/mol. The Morgan fingerprint density at radius 1 is 1.26 bits per heavy atom. The van der Waals surface area contributed by atoms with Gasteiger partial charge in [-0.25, -0.2) is 0 Å². The van der Waals surface area contributed by atoms with Crippen molar-refractivity contribution < 1.29 is 5.11 Å². The molecule has 23 heavy (non-hydrogen) atoms. The van der Waals surface area contributed by atoms with E-state index in [1.807, 2.05) is 0 Å². The van der Waals surface area contributed by atoms with E-state index in [2.05, 4.69) is 48.0 Å². The topological polar surface area (TPSA) is 26.7 Å². The summed E-state index contributed by atoms with van der Waals surface area (Å²) in [5, 5.41) is 11.6. The molecule has 1 aliphatic carbocycles.